The van der Waals surface area contributed by atoms with Gasteiger partial charge >= 0.3 is 0 Å². The minimum Gasteiger partial charge on any atom is -0.336 e. The van der Waals surface area contributed by atoms with Gasteiger partial charge in [0.25, 0.3) is 11.8 Å². The van der Waals surface area contributed by atoms with Crippen molar-refractivity contribution in [3.63, 3.8) is 0 Å². The Labute approximate surface area is 197 Å². The molecule has 1 aromatic heterocycles. The van der Waals surface area contributed by atoms with Gasteiger partial charge in [0.15, 0.2) is 0 Å². The van der Waals surface area contributed by atoms with Crippen LogP contribution in [0.1, 0.15) is 37.5 Å². The van der Waals surface area contributed by atoms with Gasteiger partial charge in [-0.3, -0.25) is 19.5 Å². The molecule has 0 radical (unpaired) electrons. The summed E-state index contributed by atoms with van der Waals surface area (Å²) < 4.78 is 27.8. The summed E-state index contributed by atoms with van der Waals surface area (Å²) in [4.78, 5) is 33.2. The van der Waals surface area contributed by atoms with E-state index < -0.39 is 11.6 Å². The average Bonchev–Trinajstić information content (AvgIpc) is 2.82. The topological polar surface area (TPSA) is 65.5 Å². The zero-order valence-electron chi connectivity index (χ0n) is 19.1. The fourth-order valence-corrected chi connectivity index (χ4v) is 3.98. The Bertz CT molecular complexity index is 1210. The van der Waals surface area contributed by atoms with E-state index in [1.165, 1.54) is 36.5 Å². The number of nitrogens with one attached hydrogen (secondary N) is 1. The molecule has 8 heteroatoms. The van der Waals surface area contributed by atoms with E-state index >= 15 is 0 Å². The first kappa shape index (κ1) is 23.5. The molecule has 1 fully saturated rings. The standard InChI is InChI=1S/C26H26F2N4O2/c1-17-6-7-20(15-29-17)25(33)30-24-14-23(28)13-21(18(24)2)16-31-8-10-32(11-9-31)26(34)19-4-3-5-22(27)12-19/h3-7,12-15H,8-11,16H2,1-2H3,(H,30,33). The maximum atomic E-state index is 14.4. The van der Waals surface area contributed by atoms with Gasteiger partial charge < -0.3 is 10.2 Å². The molecule has 0 aliphatic carbocycles. The van der Waals surface area contributed by atoms with Crippen molar-refractivity contribution < 1.29 is 18.4 Å². The fraction of sp³-hybridized carbons (Fsp3) is 0.269. The number of hydrogen-bond donors (Lipinski definition) is 1. The third-order valence-corrected chi connectivity index (χ3v) is 6.03. The first-order valence-electron chi connectivity index (χ1n) is 11.1. The number of amides is 2. The smallest absolute Gasteiger partial charge is 0.257 e. The van der Waals surface area contributed by atoms with Gasteiger partial charge in [0.05, 0.1) is 5.56 Å². The van der Waals surface area contributed by atoms with Gasteiger partial charge in [-0.25, -0.2) is 8.78 Å². The summed E-state index contributed by atoms with van der Waals surface area (Å²) in [7, 11) is 0. The molecule has 1 aliphatic heterocycles. The molecule has 34 heavy (non-hydrogen) atoms. The highest BCUT2D eigenvalue weighted by molar-refractivity contribution is 6.04. The Morgan fingerprint density at radius 3 is 2.38 bits per heavy atom. The third-order valence-electron chi connectivity index (χ3n) is 6.03. The molecule has 2 heterocycles. The number of nitrogens with zero attached hydrogens (tertiary/aromatic N) is 3. The highest BCUT2D eigenvalue weighted by atomic mass is 19.1. The van der Waals surface area contributed by atoms with Crippen LogP contribution in [0.2, 0.25) is 0 Å². The Morgan fingerprint density at radius 1 is 0.941 bits per heavy atom. The van der Waals surface area contributed by atoms with Gasteiger partial charge in [-0.15, -0.1) is 0 Å². The molecule has 0 saturated carbocycles. The second-order valence-electron chi connectivity index (χ2n) is 8.46. The predicted molar refractivity (Wildman–Crippen MR) is 126 cm³/mol. The van der Waals surface area contributed by atoms with Crippen molar-refractivity contribution >= 4 is 17.5 Å². The number of aryl methyl sites for hydroxylation is 1. The molecule has 1 N–H and O–H groups in total. The lowest BCUT2D eigenvalue weighted by Crippen LogP contribution is -2.48. The van der Waals surface area contributed by atoms with Crippen molar-refractivity contribution in [2.45, 2.75) is 20.4 Å². The maximum Gasteiger partial charge on any atom is 0.257 e. The van der Waals surface area contributed by atoms with E-state index in [0.29, 0.717) is 49.5 Å². The summed E-state index contributed by atoms with van der Waals surface area (Å²) in [5, 5.41) is 2.79. The molecule has 4 rings (SSSR count). The predicted octanol–water partition coefficient (Wildman–Crippen LogP) is 4.19. The van der Waals surface area contributed by atoms with Crippen molar-refractivity contribution in [3.8, 4) is 0 Å². The number of carbonyl (C=O) groups is 2. The van der Waals surface area contributed by atoms with Crippen LogP contribution in [0.25, 0.3) is 0 Å². The Morgan fingerprint density at radius 2 is 1.71 bits per heavy atom. The Hall–Kier alpha value is -3.65. The number of rotatable bonds is 5. The van der Waals surface area contributed by atoms with E-state index in [9.17, 15) is 18.4 Å². The van der Waals surface area contributed by atoms with Gasteiger partial charge in [-0.1, -0.05) is 6.07 Å². The fourth-order valence-electron chi connectivity index (χ4n) is 3.98. The number of halogens is 2. The molecule has 1 saturated heterocycles. The minimum atomic E-state index is -0.437. The second kappa shape index (κ2) is 10.1. The number of carbonyl (C=O) groups excluding carboxylic acids is 2. The molecule has 2 amide bonds. The van der Waals surface area contributed by atoms with Crippen LogP contribution < -0.4 is 5.32 Å². The van der Waals surface area contributed by atoms with Crippen LogP contribution in [0.5, 0.6) is 0 Å². The van der Waals surface area contributed by atoms with Gasteiger partial charge in [0.1, 0.15) is 11.6 Å². The lowest BCUT2D eigenvalue weighted by atomic mass is 10.0. The molecule has 2 aromatic carbocycles. The molecular formula is C26H26F2N4O2. The van der Waals surface area contributed by atoms with Crippen LogP contribution in [0.15, 0.2) is 54.7 Å². The molecule has 0 atom stereocenters. The molecule has 0 unspecified atom stereocenters. The highest BCUT2D eigenvalue weighted by Gasteiger charge is 2.23. The zero-order valence-corrected chi connectivity index (χ0v) is 19.1. The van der Waals surface area contributed by atoms with Gasteiger partial charge in [-0.2, -0.15) is 0 Å². The monoisotopic (exact) mass is 464 g/mol. The number of piperazine rings is 1. The van der Waals surface area contributed by atoms with E-state index in [2.05, 4.69) is 15.2 Å². The summed E-state index contributed by atoms with van der Waals surface area (Å²) in [6.45, 7) is 6.37. The van der Waals surface area contributed by atoms with Crippen molar-refractivity contribution in [2.24, 2.45) is 0 Å². The molecular weight excluding hydrogens is 438 g/mol. The van der Waals surface area contributed by atoms with Crippen LogP contribution in [0, 0.1) is 25.5 Å². The second-order valence-corrected chi connectivity index (χ2v) is 8.46. The third kappa shape index (κ3) is 5.46. The van der Waals surface area contributed by atoms with Crippen molar-refractivity contribution in [1.29, 1.82) is 0 Å². The number of benzene rings is 2. The van der Waals surface area contributed by atoms with Crippen LogP contribution in [-0.2, 0) is 6.54 Å². The van der Waals surface area contributed by atoms with E-state index in [-0.39, 0.29) is 11.8 Å². The average molecular weight is 465 g/mol. The molecule has 3 aromatic rings. The van der Waals surface area contributed by atoms with Gasteiger partial charge in [0, 0.05) is 55.9 Å². The normalized spacial score (nSPS) is 14.2. The number of pyridine rings is 1. The molecule has 6 nitrogen and oxygen atoms in total. The van der Waals surface area contributed by atoms with Crippen LogP contribution in [-0.4, -0.2) is 52.8 Å². The molecule has 0 bridgehead atoms. The Kier molecular flexibility index (Phi) is 6.98. The number of anilines is 1. The number of hydrogen-bond acceptors (Lipinski definition) is 4. The summed E-state index contributed by atoms with van der Waals surface area (Å²) in [5.74, 6) is -1.42. The SMILES string of the molecule is Cc1ccc(C(=O)Nc2cc(F)cc(CN3CCN(C(=O)c4cccc(F)c4)CC3)c2C)cn1. The lowest BCUT2D eigenvalue weighted by molar-refractivity contribution is 0.0627. The van der Waals surface area contributed by atoms with Crippen molar-refractivity contribution in [1.82, 2.24) is 14.8 Å². The van der Waals surface area contributed by atoms with E-state index in [0.717, 1.165) is 16.8 Å². The molecule has 1 aliphatic rings. The maximum absolute atomic E-state index is 14.4. The first-order valence-corrected chi connectivity index (χ1v) is 11.1. The molecule has 176 valence electrons. The van der Waals surface area contributed by atoms with Crippen LogP contribution in [0.3, 0.4) is 0 Å². The van der Waals surface area contributed by atoms with E-state index in [1.54, 1.807) is 23.1 Å². The van der Waals surface area contributed by atoms with Crippen LogP contribution in [0.4, 0.5) is 14.5 Å². The quantitative estimate of drug-likeness (QED) is 0.615. The summed E-state index contributed by atoms with van der Waals surface area (Å²) >= 11 is 0. The first-order chi connectivity index (χ1) is 16.3. The zero-order chi connectivity index (χ0) is 24.2. The van der Waals surface area contributed by atoms with E-state index in [4.69, 9.17) is 0 Å². The Balaban J connectivity index is 1.40. The summed E-state index contributed by atoms with van der Waals surface area (Å²) in [6, 6.07) is 11.9. The summed E-state index contributed by atoms with van der Waals surface area (Å²) in [5.41, 5.74) is 3.50. The minimum absolute atomic E-state index is 0.198. The largest absolute Gasteiger partial charge is 0.336 e. The van der Waals surface area contributed by atoms with Crippen molar-refractivity contribution in [3.05, 3.63) is 94.3 Å². The van der Waals surface area contributed by atoms with Gasteiger partial charge in [-0.05, 0) is 67.4 Å². The molecule has 0 spiro atoms. The van der Waals surface area contributed by atoms with Crippen LogP contribution >= 0.6 is 0 Å². The van der Waals surface area contributed by atoms with Gasteiger partial charge in [0.2, 0.25) is 0 Å². The lowest BCUT2D eigenvalue weighted by Gasteiger charge is -2.35. The van der Waals surface area contributed by atoms with E-state index in [1.807, 2.05) is 13.8 Å². The highest BCUT2D eigenvalue weighted by Crippen LogP contribution is 2.24. The number of aromatic nitrogens is 1. The summed E-state index contributed by atoms with van der Waals surface area (Å²) in [6.07, 6.45) is 1.49. The van der Waals surface area contributed by atoms with Crippen molar-refractivity contribution in [2.75, 3.05) is 31.5 Å².